The fourth-order valence-electron chi connectivity index (χ4n) is 10.2. The van der Waals surface area contributed by atoms with Gasteiger partial charge < -0.3 is 24.8 Å². The monoisotopic (exact) mass is 885 g/mol. The summed E-state index contributed by atoms with van der Waals surface area (Å²) in [5.74, 6) is -2.20. The van der Waals surface area contributed by atoms with Crippen molar-refractivity contribution in [3.05, 3.63) is 76.2 Å². The maximum absolute atomic E-state index is 15.4. The first-order valence-electron chi connectivity index (χ1n) is 21.9. The van der Waals surface area contributed by atoms with Crippen molar-refractivity contribution in [2.45, 2.75) is 88.6 Å². The second kappa shape index (κ2) is 17.1. The van der Waals surface area contributed by atoms with Crippen LogP contribution < -0.4 is 25.2 Å². The number of piperidine rings is 3. The Morgan fingerprint density at radius 2 is 1.58 bits per heavy atom. The van der Waals surface area contributed by atoms with Crippen LogP contribution in [0.15, 0.2) is 42.5 Å². The van der Waals surface area contributed by atoms with Crippen LogP contribution in [0, 0.1) is 28.5 Å². The minimum absolute atomic E-state index is 0.00780. The predicted octanol–water partition coefficient (Wildman–Crippen LogP) is 4.85. The number of amides is 5. The van der Waals surface area contributed by atoms with Crippen molar-refractivity contribution in [1.82, 2.24) is 30.6 Å². The summed E-state index contributed by atoms with van der Waals surface area (Å²) in [4.78, 5) is 71.0. The Kier molecular flexibility index (Phi) is 11.5. The fraction of sp³-hybridized carbons (Fsp3) is 0.511. The number of ether oxygens (including phenoxy) is 1. The van der Waals surface area contributed by atoms with Crippen LogP contribution in [0.5, 0.6) is 5.75 Å². The van der Waals surface area contributed by atoms with Crippen LogP contribution in [0.1, 0.15) is 107 Å². The molecule has 5 fully saturated rings. The largest absolute Gasteiger partial charge is 0.490 e. The average molecular weight is 886 g/mol. The Morgan fingerprint density at radius 1 is 0.875 bits per heavy atom. The van der Waals surface area contributed by atoms with E-state index in [1.807, 2.05) is 11.0 Å². The highest BCUT2D eigenvalue weighted by Crippen LogP contribution is 2.45. The number of nitrogens with one attached hydrogen (secondary N) is 2. The number of halogens is 4. The van der Waals surface area contributed by atoms with Crippen molar-refractivity contribution >= 4 is 41.0 Å². The lowest BCUT2D eigenvalue weighted by molar-refractivity contribution is -0.138. The number of benzene rings is 2. The van der Waals surface area contributed by atoms with Crippen LogP contribution in [-0.4, -0.2) is 114 Å². The third-order valence-electron chi connectivity index (χ3n) is 13.9. The molecule has 1 atom stereocenters. The van der Waals surface area contributed by atoms with E-state index in [0.717, 1.165) is 81.5 Å². The molecule has 5 aliphatic heterocycles. The molecule has 3 aromatic rings. The first-order chi connectivity index (χ1) is 30.7. The molecule has 6 heterocycles. The van der Waals surface area contributed by atoms with E-state index in [0.29, 0.717) is 50.5 Å². The lowest BCUT2D eigenvalue weighted by atomic mass is 9.71. The zero-order valence-electron chi connectivity index (χ0n) is 35.0. The SMILES string of the molecule is N#Cc1ccc(OC2CCC(NC(=O)c3ccc(N4CCC(CN5CCC6(CC5)CN(c5cc7c(cc5F)C(=O)N(C5CCC(=O)NC5=O)C7=O)C6)CC4)nn3)CC2)cc1C(F)(F)F. The highest BCUT2D eigenvalue weighted by Gasteiger charge is 2.49. The summed E-state index contributed by atoms with van der Waals surface area (Å²) in [6.45, 7) is 5.78. The van der Waals surface area contributed by atoms with E-state index in [1.54, 1.807) is 12.1 Å². The second-order valence-corrected chi connectivity index (χ2v) is 18.0. The summed E-state index contributed by atoms with van der Waals surface area (Å²) in [5, 5.41) is 22.8. The number of imide groups is 2. The summed E-state index contributed by atoms with van der Waals surface area (Å²) < 4.78 is 61.4. The van der Waals surface area contributed by atoms with Gasteiger partial charge in [0.25, 0.3) is 17.7 Å². The van der Waals surface area contributed by atoms with Gasteiger partial charge in [0.15, 0.2) is 11.5 Å². The summed E-state index contributed by atoms with van der Waals surface area (Å²) in [7, 11) is 0. The molecule has 1 unspecified atom stereocenters. The number of carbonyl (C=O) groups excluding carboxylic acids is 5. The number of carbonyl (C=O) groups is 5. The Balaban J connectivity index is 0.690. The van der Waals surface area contributed by atoms with Crippen molar-refractivity contribution < 1.29 is 46.3 Å². The number of nitrogens with zero attached hydrogens (tertiary/aromatic N) is 7. The van der Waals surface area contributed by atoms with Gasteiger partial charge in [-0.2, -0.15) is 18.4 Å². The van der Waals surface area contributed by atoms with E-state index in [-0.39, 0.29) is 64.6 Å². The van der Waals surface area contributed by atoms with Crippen molar-refractivity contribution in [3.63, 3.8) is 0 Å². The molecule has 2 aromatic carbocycles. The normalized spacial score (nSPS) is 24.0. The number of hydrogen-bond donors (Lipinski definition) is 2. The molecule has 1 saturated carbocycles. The number of anilines is 2. The summed E-state index contributed by atoms with van der Waals surface area (Å²) in [6, 6.07) is 9.67. The molecule has 6 aliphatic rings. The highest BCUT2D eigenvalue weighted by molar-refractivity contribution is 6.23. The standard InChI is InChI=1S/C45H47F4N9O6/c46-34-20-31-32(43(63)58(42(31)62)36-8-10-39(59)52-41(36)61)21-37(34)57-24-44(25-57)13-17-55(18-14-44)23-26-11-15-56(16-12-26)38-9-7-35(53-54-38)40(60)51-28-2-5-29(6-3-28)64-30-4-1-27(22-50)33(19-30)45(47,48)49/h1,4,7,9,19-21,26,28-29,36H,2-3,5-6,8,10-18,23-25H2,(H,51,60)(H,52,59,61). The maximum Gasteiger partial charge on any atom is 0.417 e. The molecule has 9 rings (SSSR count). The molecular formula is C45H47F4N9O6. The number of nitriles is 1. The molecule has 64 heavy (non-hydrogen) atoms. The Bertz CT molecular complexity index is 2390. The topological polar surface area (TPSA) is 181 Å². The number of rotatable bonds is 9. The maximum atomic E-state index is 15.4. The lowest BCUT2D eigenvalue weighted by Crippen LogP contribution is -2.61. The molecule has 1 aliphatic carbocycles. The Morgan fingerprint density at radius 3 is 2.22 bits per heavy atom. The van der Waals surface area contributed by atoms with E-state index in [9.17, 15) is 37.1 Å². The molecular weight excluding hydrogens is 839 g/mol. The van der Waals surface area contributed by atoms with Crippen LogP contribution >= 0.6 is 0 Å². The molecule has 0 bridgehead atoms. The molecule has 336 valence electrons. The smallest absolute Gasteiger partial charge is 0.417 e. The van der Waals surface area contributed by atoms with Gasteiger partial charge in [-0.25, -0.2) is 4.39 Å². The Labute approximate surface area is 366 Å². The Hall–Kier alpha value is -6.16. The second-order valence-electron chi connectivity index (χ2n) is 18.0. The summed E-state index contributed by atoms with van der Waals surface area (Å²) >= 11 is 0. The van der Waals surface area contributed by atoms with Crippen molar-refractivity contribution in [2.75, 3.05) is 55.6 Å². The minimum Gasteiger partial charge on any atom is -0.490 e. The predicted molar refractivity (Wildman–Crippen MR) is 221 cm³/mol. The van der Waals surface area contributed by atoms with Crippen LogP contribution in [0.25, 0.3) is 0 Å². The van der Waals surface area contributed by atoms with E-state index in [4.69, 9.17) is 10.00 Å². The van der Waals surface area contributed by atoms with E-state index >= 15 is 4.39 Å². The average Bonchev–Trinajstić information content (AvgIpc) is 3.50. The van der Waals surface area contributed by atoms with Crippen LogP contribution in [0.3, 0.4) is 0 Å². The van der Waals surface area contributed by atoms with Gasteiger partial charge in [-0.1, -0.05) is 0 Å². The molecule has 4 saturated heterocycles. The summed E-state index contributed by atoms with van der Waals surface area (Å²) in [6.07, 6.45) is 1.21. The lowest BCUT2D eigenvalue weighted by Gasteiger charge is -2.55. The molecule has 19 heteroatoms. The molecule has 0 radical (unpaired) electrons. The third kappa shape index (κ3) is 8.59. The van der Waals surface area contributed by atoms with E-state index < -0.39 is 52.8 Å². The van der Waals surface area contributed by atoms with Gasteiger partial charge in [-0.3, -0.25) is 34.2 Å². The van der Waals surface area contributed by atoms with E-state index in [1.165, 1.54) is 12.1 Å². The number of fused-ring (bicyclic) bond motifs is 1. The zero-order valence-corrected chi connectivity index (χ0v) is 35.0. The van der Waals surface area contributed by atoms with Crippen molar-refractivity contribution in [2.24, 2.45) is 11.3 Å². The first-order valence-corrected chi connectivity index (χ1v) is 21.9. The molecule has 15 nitrogen and oxygen atoms in total. The minimum atomic E-state index is -4.67. The van der Waals surface area contributed by atoms with Crippen molar-refractivity contribution in [1.29, 1.82) is 5.26 Å². The van der Waals surface area contributed by atoms with Gasteiger partial charge in [0.1, 0.15) is 17.6 Å². The molecule has 5 amide bonds. The third-order valence-corrected chi connectivity index (χ3v) is 13.9. The summed E-state index contributed by atoms with van der Waals surface area (Å²) in [5.41, 5.74) is -0.962. The number of aromatic nitrogens is 2. The first kappa shape index (κ1) is 43.1. The number of hydrogen-bond acceptors (Lipinski definition) is 12. The van der Waals surface area contributed by atoms with Gasteiger partial charge in [0.05, 0.1) is 40.1 Å². The van der Waals surface area contributed by atoms with Gasteiger partial charge in [-0.05, 0) is 119 Å². The zero-order chi connectivity index (χ0) is 44.9. The molecule has 2 N–H and O–H groups in total. The van der Waals surface area contributed by atoms with Crippen LogP contribution in [0.4, 0.5) is 29.1 Å². The van der Waals surface area contributed by atoms with Gasteiger partial charge in [0, 0.05) is 50.6 Å². The van der Waals surface area contributed by atoms with Gasteiger partial charge in [0.2, 0.25) is 11.8 Å². The quantitative estimate of drug-likeness (QED) is 0.221. The van der Waals surface area contributed by atoms with Crippen LogP contribution in [0.2, 0.25) is 0 Å². The highest BCUT2D eigenvalue weighted by atomic mass is 19.4. The molecule has 1 spiro atoms. The fourth-order valence-corrected chi connectivity index (χ4v) is 10.2. The van der Waals surface area contributed by atoms with E-state index in [2.05, 4.69) is 30.6 Å². The number of alkyl halides is 3. The van der Waals surface area contributed by atoms with Gasteiger partial charge >= 0.3 is 6.18 Å². The van der Waals surface area contributed by atoms with Crippen molar-refractivity contribution in [3.8, 4) is 11.8 Å². The molecule has 1 aromatic heterocycles. The van der Waals surface area contributed by atoms with Crippen LogP contribution in [-0.2, 0) is 15.8 Å². The van der Waals surface area contributed by atoms with Gasteiger partial charge in [-0.15, -0.1) is 10.2 Å². The number of likely N-dealkylation sites (tertiary alicyclic amines) is 1.